The number of tetrazole rings is 1. The van der Waals surface area contributed by atoms with Crippen LogP contribution in [0.15, 0.2) is 28.7 Å². The molecule has 0 spiro atoms. The van der Waals surface area contributed by atoms with Crippen LogP contribution in [-0.4, -0.2) is 31.4 Å². The van der Waals surface area contributed by atoms with Gasteiger partial charge in [0.05, 0.1) is 0 Å². The highest BCUT2D eigenvalue weighted by molar-refractivity contribution is 7.80. The smallest absolute Gasteiger partial charge is 0.296 e. The van der Waals surface area contributed by atoms with Crippen molar-refractivity contribution in [3.63, 3.8) is 0 Å². The summed E-state index contributed by atoms with van der Waals surface area (Å²) in [7, 11) is 0. The molecule has 2 N–H and O–H groups in total. The molecule has 0 bridgehead atoms. The van der Waals surface area contributed by atoms with Gasteiger partial charge in [-0.3, -0.25) is 0 Å². The van der Waals surface area contributed by atoms with Gasteiger partial charge in [-0.15, -0.1) is 10.2 Å². The molecule has 0 unspecified atom stereocenters. The molecule has 18 heavy (non-hydrogen) atoms. The summed E-state index contributed by atoms with van der Waals surface area (Å²) in [6.45, 7) is 0. The monoisotopic (exact) mass is 262 g/mol. The van der Waals surface area contributed by atoms with E-state index in [2.05, 4.69) is 43.6 Å². The van der Waals surface area contributed by atoms with E-state index in [0.717, 1.165) is 11.1 Å². The van der Waals surface area contributed by atoms with Gasteiger partial charge in [-0.05, 0) is 12.1 Å². The van der Waals surface area contributed by atoms with Gasteiger partial charge in [-0.25, -0.2) is 0 Å². The lowest BCUT2D eigenvalue weighted by molar-refractivity contribution is 0.600. The van der Waals surface area contributed by atoms with E-state index in [-0.39, 0.29) is 6.04 Å². The number of nitrogens with zero attached hydrogens (tertiary/aromatic N) is 4. The summed E-state index contributed by atoms with van der Waals surface area (Å²) in [6, 6.07) is 7.75. The van der Waals surface area contributed by atoms with Crippen molar-refractivity contribution < 1.29 is 4.42 Å². The lowest BCUT2D eigenvalue weighted by Gasteiger charge is -2.09. The maximum Gasteiger partial charge on any atom is 0.296 e. The first-order chi connectivity index (χ1) is 8.86. The number of aromatic nitrogens is 5. The van der Waals surface area contributed by atoms with E-state index in [1.54, 1.807) is 0 Å². The van der Waals surface area contributed by atoms with Gasteiger partial charge in [-0.1, -0.05) is 17.3 Å². The SMILES string of the molecule is SC[C@H](Nc1nc2ccccc2o1)c1nn[nH]n1. The first-order valence-corrected chi connectivity index (χ1v) is 5.96. The van der Waals surface area contributed by atoms with Crippen molar-refractivity contribution in [1.82, 2.24) is 25.6 Å². The molecular formula is C10H10N6OS. The van der Waals surface area contributed by atoms with Gasteiger partial charge in [0.1, 0.15) is 11.6 Å². The van der Waals surface area contributed by atoms with Crippen molar-refractivity contribution in [2.45, 2.75) is 6.04 Å². The second-order valence-corrected chi connectivity index (χ2v) is 4.00. The number of thiol groups is 1. The Morgan fingerprint density at radius 2 is 2.28 bits per heavy atom. The normalized spacial score (nSPS) is 12.7. The van der Waals surface area contributed by atoms with Gasteiger partial charge in [0.15, 0.2) is 11.4 Å². The van der Waals surface area contributed by atoms with Crippen LogP contribution in [-0.2, 0) is 0 Å². The fourth-order valence-electron chi connectivity index (χ4n) is 1.59. The third-order valence-corrected chi connectivity index (χ3v) is 2.81. The predicted molar refractivity (Wildman–Crippen MR) is 68.4 cm³/mol. The lowest BCUT2D eigenvalue weighted by atomic mass is 10.3. The molecule has 0 saturated heterocycles. The maximum atomic E-state index is 5.56. The molecule has 1 atom stereocenters. The third kappa shape index (κ3) is 2.02. The Bertz CT molecular complexity index is 604. The topological polar surface area (TPSA) is 92.5 Å². The van der Waals surface area contributed by atoms with Crippen molar-refractivity contribution >= 4 is 29.7 Å². The van der Waals surface area contributed by atoms with E-state index < -0.39 is 0 Å². The molecule has 0 saturated carbocycles. The highest BCUT2D eigenvalue weighted by Crippen LogP contribution is 2.21. The summed E-state index contributed by atoms with van der Waals surface area (Å²) in [5, 5.41) is 16.8. The largest absolute Gasteiger partial charge is 0.424 e. The molecular weight excluding hydrogens is 252 g/mol. The van der Waals surface area contributed by atoms with Gasteiger partial charge >= 0.3 is 0 Å². The van der Waals surface area contributed by atoms with E-state index in [9.17, 15) is 0 Å². The summed E-state index contributed by atoms with van der Waals surface area (Å²) in [5.41, 5.74) is 1.53. The molecule has 7 nitrogen and oxygen atoms in total. The fourth-order valence-corrected chi connectivity index (χ4v) is 1.85. The molecule has 1 aromatic carbocycles. The van der Waals surface area contributed by atoms with Crippen molar-refractivity contribution in [1.29, 1.82) is 0 Å². The Kier molecular flexibility index (Phi) is 2.85. The molecule has 3 aromatic rings. The zero-order valence-corrected chi connectivity index (χ0v) is 10.1. The van der Waals surface area contributed by atoms with Crippen molar-refractivity contribution in [2.24, 2.45) is 0 Å². The van der Waals surface area contributed by atoms with Crippen LogP contribution < -0.4 is 5.32 Å². The van der Waals surface area contributed by atoms with Gasteiger partial charge in [0, 0.05) is 5.75 Å². The van der Waals surface area contributed by atoms with Crippen LogP contribution >= 0.6 is 12.6 Å². The summed E-state index contributed by atoms with van der Waals surface area (Å²) >= 11 is 4.24. The van der Waals surface area contributed by atoms with Crippen molar-refractivity contribution in [3.8, 4) is 0 Å². The quantitative estimate of drug-likeness (QED) is 0.616. The van der Waals surface area contributed by atoms with E-state index in [0.29, 0.717) is 17.6 Å². The molecule has 2 heterocycles. The molecule has 0 aliphatic rings. The Morgan fingerprint density at radius 1 is 1.39 bits per heavy atom. The Balaban J connectivity index is 1.86. The highest BCUT2D eigenvalue weighted by atomic mass is 32.1. The van der Waals surface area contributed by atoms with Crippen LogP contribution in [0, 0.1) is 0 Å². The van der Waals surface area contributed by atoms with Gasteiger partial charge in [-0.2, -0.15) is 22.8 Å². The summed E-state index contributed by atoms with van der Waals surface area (Å²) in [4.78, 5) is 4.31. The van der Waals surface area contributed by atoms with Crippen LogP contribution in [0.4, 0.5) is 6.01 Å². The number of anilines is 1. The van der Waals surface area contributed by atoms with Crippen LogP contribution in [0.5, 0.6) is 0 Å². The number of rotatable bonds is 4. The van der Waals surface area contributed by atoms with Crippen LogP contribution in [0.3, 0.4) is 0 Å². The van der Waals surface area contributed by atoms with Gasteiger partial charge < -0.3 is 9.73 Å². The Morgan fingerprint density at radius 3 is 3.00 bits per heavy atom. The average Bonchev–Trinajstić information content (AvgIpc) is 3.04. The number of fused-ring (bicyclic) bond motifs is 1. The zero-order valence-electron chi connectivity index (χ0n) is 9.24. The second kappa shape index (κ2) is 4.65. The number of aromatic amines is 1. The van der Waals surface area contributed by atoms with Crippen LogP contribution in [0.25, 0.3) is 11.1 Å². The molecule has 8 heteroatoms. The Hall–Kier alpha value is -2.09. The predicted octanol–water partition coefficient (Wildman–Crippen LogP) is 1.42. The van der Waals surface area contributed by atoms with Crippen LogP contribution in [0.1, 0.15) is 11.9 Å². The minimum absolute atomic E-state index is 0.208. The molecule has 0 amide bonds. The lowest BCUT2D eigenvalue weighted by Crippen LogP contribution is -2.14. The van der Waals surface area contributed by atoms with E-state index in [1.807, 2.05) is 24.3 Å². The number of oxazole rings is 1. The molecule has 92 valence electrons. The van der Waals surface area contributed by atoms with E-state index in [1.165, 1.54) is 0 Å². The molecule has 2 aromatic heterocycles. The highest BCUT2D eigenvalue weighted by Gasteiger charge is 2.17. The first-order valence-electron chi connectivity index (χ1n) is 5.33. The molecule has 0 fully saturated rings. The second-order valence-electron chi connectivity index (χ2n) is 3.64. The van der Waals surface area contributed by atoms with Gasteiger partial charge in [0.25, 0.3) is 6.01 Å². The van der Waals surface area contributed by atoms with Crippen molar-refractivity contribution in [2.75, 3.05) is 11.1 Å². The molecule has 3 rings (SSSR count). The van der Waals surface area contributed by atoms with Crippen molar-refractivity contribution in [3.05, 3.63) is 30.1 Å². The van der Waals surface area contributed by atoms with E-state index in [4.69, 9.17) is 4.42 Å². The molecule has 0 radical (unpaired) electrons. The van der Waals surface area contributed by atoms with Crippen LogP contribution in [0.2, 0.25) is 0 Å². The third-order valence-electron chi connectivity index (χ3n) is 2.45. The summed E-state index contributed by atoms with van der Waals surface area (Å²) < 4.78 is 5.56. The number of hydrogen-bond donors (Lipinski definition) is 3. The number of hydrogen-bond acceptors (Lipinski definition) is 7. The summed E-state index contributed by atoms with van der Waals surface area (Å²) in [6.07, 6.45) is 0. The molecule has 0 aliphatic carbocycles. The minimum Gasteiger partial charge on any atom is -0.424 e. The summed E-state index contributed by atoms with van der Waals surface area (Å²) in [5.74, 6) is 1.02. The zero-order chi connectivity index (χ0) is 12.4. The Labute approximate surface area is 107 Å². The van der Waals surface area contributed by atoms with E-state index >= 15 is 0 Å². The minimum atomic E-state index is -0.208. The number of benzene rings is 1. The number of para-hydroxylation sites is 2. The number of nitrogens with one attached hydrogen (secondary N) is 2. The molecule has 0 aliphatic heterocycles. The maximum absolute atomic E-state index is 5.56. The average molecular weight is 262 g/mol. The number of H-pyrrole nitrogens is 1. The van der Waals surface area contributed by atoms with Gasteiger partial charge in [0.2, 0.25) is 0 Å². The standard InChI is InChI=1S/C10H10N6OS/c18-5-7(9-13-15-16-14-9)12-10-11-6-3-1-2-4-8(6)17-10/h1-4,7,18H,5H2,(H,11,12)(H,13,14,15,16)/t7-/m0/s1. The first kappa shape index (κ1) is 11.0. The fraction of sp³-hybridized carbons (Fsp3) is 0.200.